The number of hydrogen-bond acceptors (Lipinski definition) is 4. The van der Waals surface area contributed by atoms with Crippen molar-refractivity contribution < 1.29 is 21.5 Å². The van der Waals surface area contributed by atoms with Gasteiger partial charge in [-0.15, -0.1) is 0 Å². The van der Waals surface area contributed by atoms with Gasteiger partial charge in [0.05, 0.1) is 0 Å². The van der Waals surface area contributed by atoms with E-state index in [1.54, 1.807) is 12.1 Å². The summed E-state index contributed by atoms with van der Waals surface area (Å²) in [5.74, 6) is 0.152. The first-order valence-electron chi connectivity index (χ1n) is 7.31. The van der Waals surface area contributed by atoms with Crippen LogP contribution in [0.3, 0.4) is 0 Å². The van der Waals surface area contributed by atoms with Gasteiger partial charge < -0.3 is 0 Å². The quantitative estimate of drug-likeness (QED) is 0.426. The van der Waals surface area contributed by atoms with Gasteiger partial charge in [-0.05, 0) is 6.42 Å². The summed E-state index contributed by atoms with van der Waals surface area (Å²) >= 11 is -4.91. The molecule has 5 N–H and O–H groups in total. The second-order valence-corrected chi connectivity index (χ2v) is 8.51. The van der Waals surface area contributed by atoms with E-state index in [-0.39, 0.29) is 10.3 Å². The third-order valence-corrected chi connectivity index (χ3v) is 5.23. The predicted octanol–water partition coefficient (Wildman–Crippen LogP) is 0.871. The van der Waals surface area contributed by atoms with Gasteiger partial charge in [-0.2, -0.15) is 0 Å². The third-order valence-electron chi connectivity index (χ3n) is 3.20. The summed E-state index contributed by atoms with van der Waals surface area (Å²) in [4.78, 5) is 12.2. The minimum absolute atomic E-state index is 0.0483. The van der Waals surface area contributed by atoms with Gasteiger partial charge in [0.2, 0.25) is 0 Å². The second-order valence-electron chi connectivity index (χ2n) is 5.15. The zero-order valence-electron chi connectivity index (χ0n) is 13.1. The van der Waals surface area contributed by atoms with Gasteiger partial charge in [0, 0.05) is 0 Å². The molecule has 8 heteroatoms. The number of hydrogen-bond donors (Lipinski definition) is 4. The maximum absolute atomic E-state index is 12.2. The number of carbonyl (C=O) groups excluding carboxylic acids is 1. The molecule has 0 bridgehead atoms. The first kappa shape index (κ1) is 18.1. The molecular weight excluding hydrogens is 375 g/mol. The van der Waals surface area contributed by atoms with E-state index in [0.29, 0.717) is 29.3 Å². The van der Waals surface area contributed by atoms with Crippen molar-refractivity contribution >= 4 is 35.8 Å². The molecule has 0 aliphatic heterocycles. The molecule has 1 amide bonds. The van der Waals surface area contributed by atoms with Crippen LogP contribution in [0.5, 0.6) is 5.75 Å². The fourth-order valence-electron chi connectivity index (χ4n) is 1.98. The molecule has 0 spiro atoms. The molecule has 0 aromatic heterocycles. The number of ether oxygens (including phenoxy) is 1. The summed E-state index contributed by atoms with van der Waals surface area (Å²) in [5.41, 5.74) is 7.03. The van der Waals surface area contributed by atoms with E-state index < -0.39 is 14.2 Å². The zero-order valence-corrected chi connectivity index (χ0v) is 15.0. The van der Waals surface area contributed by atoms with Crippen LogP contribution < -0.4 is 20.1 Å². The third kappa shape index (κ3) is 4.64. The Bertz CT molecular complexity index is 771. The van der Waals surface area contributed by atoms with E-state index in [1.807, 2.05) is 6.92 Å². The van der Waals surface area contributed by atoms with Crippen molar-refractivity contribution in [1.82, 2.24) is 0 Å². The molecule has 0 saturated carbocycles. The minimum atomic E-state index is -4.91. The van der Waals surface area contributed by atoms with Gasteiger partial charge in [0.1, 0.15) is 0 Å². The summed E-state index contributed by atoms with van der Waals surface area (Å²) in [6, 6.07) is 10.2. The number of anilines is 2. The molecule has 2 rings (SSSR count). The van der Waals surface area contributed by atoms with E-state index in [9.17, 15) is 8.53 Å². The second kappa shape index (κ2) is 7.57. The van der Waals surface area contributed by atoms with E-state index >= 15 is 0 Å². The summed E-state index contributed by atoms with van der Waals surface area (Å²) in [7, 11) is 0. The standard InChI is InChI=1S/C16H19AsN2O5/c1-2-9-24-15-8-3-11(10-14(15)18)16(20)19-13-6-4-12(5-7-13)17(21,22)23/h3-8,10H,2,9,18H2,1H3,(H,19,20)(H2,21,22,23). The molecule has 128 valence electrons. The van der Waals surface area contributed by atoms with E-state index in [4.69, 9.17) is 18.7 Å². The normalized spacial score (nSPS) is 11.1. The maximum atomic E-state index is 12.2. The van der Waals surface area contributed by atoms with Crippen molar-refractivity contribution in [2.45, 2.75) is 13.3 Å². The van der Waals surface area contributed by atoms with Crippen LogP contribution in [0.2, 0.25) is 0 Å². The molecule has 2 aromatic carbocycles. The molecule has 0 saturated heterocycles. The number of amides is 1. The van der Waals surface area contributed by atoms with Crippen LogP contribution in [0.4, 0.5) is 11.4 Å². The van der Waals surface area contributed by atoms with Crippen LogP contribution >= 0.6 is 0 Å². The van der Waals surface area contributed by atoms with Crippen molar-refractivity contribution in [3.63, 3.8) is 0 Å². The van der Waals surface area contributed by atoms with Crippen LogP contribution in [-0.2, 0) is 3.74 Å². The van der Waals surface area contributed by atoms with E-state index in [0.717, 1.165) is 6.42 Å². The number of nitrogen functional groups attached to an aromatic ring is 1. The average molecular weight is 394 g/mol. The number of benzene rings is 2. The molecule has 2 aromatic rings. The van der Waals surface area contributed by atoms with Gasteiger partial charge in [0.15, 0.2) is 0 Å². The number of nitrogens with two attached hydrogens (primary N) is 1. The Kier molecular flexibility index (Phi) is 5.72. The van der Waals surface area contributed by atoms with Gasteiger partial charge in [-0.25, -0.2) is 0 Å². The molecule has 0 aliphatic rings. The van der Waals surface area contributed by atoms with Gasteiger partial charge >= 0.3 is 129 Å². The zero-order chi connectivity index (χ0) is 17.7. The van der Waals surface area contributed by atoms with Crippen LogP contribution in [0.25, 0.3) is 0 Å². The molecule has 0 radical (unpaired) electrons. The molecule has 0 unspecified atom stereocenters. The van der Waals surface area contributed by atoms with Crippen LogP contribution in [0, 0.1) is 0 Å². The average Bonchev–Trinajstić information content (AvgIpc) is 2.53. The fraction of sp³-hybridized carbons (Fsp3) is 0.188. The Morgan fingerprint density at radius 3 is 2.42 bits per heavy atom. The number of carbonyl (C=O) groups is 1. The molecular formula is C16H19AsN2O5. The molecule has 24 heavy (non-hydrogen) atoms. The van der Waals surface area contributed by atoms with Crippen LogP contribution in [-0.4, -0.2) is 34.9 Å². The number of nitrogens with one attached hydrogen (secondary N) is 1. The SMILES string of the molecule is CCCOc1ccc(C(=O)Nc2ccc([As](=O)(O)O)cc2)cc1N. The summed E-state index contributed by atoms with van der Waals surface area (Å²) in [6.45, 7) is 2.53. The molecule has 0 fully saturated rings. The molecule has 0 atom stereocenters. The Morgan fingerprint density at radius 1 is 1.21 bits per heavy atom. The molecule has 0 aliphatic carbocycles. The van der Waals surface area contributed by atoms with E-state index in [1.165, 1.54) is 30.3 Å². The topological polar surface area (TPSA) is 122 Å². The van der Waals surface area contributed by atoms with Gasteiger partial charge in [-0.1, -0.05) is 6.92 Å². The first-order valence-corrected chi connectivity index (χ1v) is 10.7. The Morgan fingerprint density at radius 2 is 1.88 bits per heavy atom. The fourth-order valence-corrected chi connectivity index (χ4v) is 3.10. The Balaban J connectivity index is 2.09. The van der Waals surface area contributed by atoms with E-state index in [2.05, 4.69) is 5.32 Å². The monoisotopic (exact) mass is 394 g/mol. The van der Waals surface area contributed by atoms with Crippen molar-refractivity contribution in [2.24, 2.45) is 0 Å². The van der Waals surface area contributed by atoms with Gasteiger partial charge in [0.25, 0.3) is 0 Å². The molecule has 0 heterocycles. The molecule has 7 nitrogen and oxygen atoms in total. The van der Waals surface area contributed by atoms with Crippen molar-refractivity contribution in [2.75, 3.05) is 17.7 Å². The van der Waals surface area contributed by atoms with Crippen molar-refractivity contribution in [1.29, 1.82) is 0 Å². The van der Waals surface area contributed by atoms with Gasteiger partial charge in [-0.3, -0.25) is 0 Å². The van der Waals surface area contributed by atoms with Crippen molar-refractivity contribution in [3.05, 3.63) is 48.0 Å². The summed E-state index contributed by atoms with van der Waals surface area (Å²) in [5, 5.41) is 2.65. The summed E-state index contributed by atoms with van der Waals surface area (Å²) < 4.78 is 34.8. The first-order chi connectivity index (χ1) is 11.3. The predicted molar refractivity (Wildman–Crippen MR) is 91.5 cm³/mol. The van der Waals surface area contributed by atoms with Crippen LogP contribution in [0.15, 0.2) is 42.5 Å². The number of rotatable bonds is 6. The Labute approximate surface area is 142 Å². The van der Waals surface area contributed by atoms with Crippen LogP contribution in [0.1, 0.15) is 23.7 Å². The Hall–Kier alpha value is -2.21. The summed E-state index contributed by atoms with van der Waals surface area (Å²) in [6.07, 6.45) is 0.855. The van der Waals surface area contributed by atoms with Crippen molar-refractivity contribution in [3.8, 4) is 5.75 Å².